The Hall–Kier alpha value is -2.25. The van der Waals surface area contributed by atoms with Crippen molar-refractivity contribution in [1.82, 2.24) is 19.9 Å². The molecule has 1 aliphatic carbocycles. The molecule has 1 aromatic carbocycles. The maximum absolute atomic E-state index is 12.6. The molecule has 7 nitrogen and oxygen atoms in total. The summed E-state index contributed by atoms with van der Waals surface area (Å²) in [5, 5.41) is 4.15. The van der Waals surface area contributed by atoms with Crippen LogP contribution in [0.5, 0.6) is 0 Å². The molecular formula is C22H31N5O2. The van der Waals surface area contributed by atoms with Gasteiger partial charge in [0, 0.05) is 44.2 Å². The molecule has 2 heterocycles. The lowest BCUT2D eigenvalue weighted by Gasteiger charge is -2.37. The summed E-state index contributed by atoms with van der Waals surface area (Å²) in [5.41, 5.74) is 8.29. The highest BCUT2D eigenvalue weighted by atomic mass is 16.5. The van der Waals surface area contributed by atoms with Crippen molar-refractivity contribution in [1.29, 1.82) is 0 Å². The predicted octanol–water partition coefficient (Wildman–Crippen LogP) is 2.77. The third-order valence-corrected chi connectivity index (χ3v) is 6.48. The summed E-state index contributed by atoms with van der Waals surface area (Å²) in [5.74, 6) is 1.85. The van der Waals surface area contributed by atoms with Gasteiger partial charge in [-0.15, -0.1) is 0 Å². The van der Waals surface area contributed by atoms with Crippen LogP contribution in [0.2, 0.25) is 0 Å². The van der Waals surface area contributed by atoms with Crippen LogP contribution in [0.1, 0.15) is 50.1 Å². The Kier molecular flexibility index (Phi) is 5.96. The lowest BCUT2D eigenvalue weighted by atomic mass is 9.99. The number of aromatic nitrogens is 2. The van der Waals surface area contributed by atoms with Gasteiger partial charge in [-0.25, -0.2) is 0 Å². The molecule has 3 atom stereocenters. The van der Waals surface area contributed by atoms with Gasteiger partial charge in [0.05, 0.1) is 6.04 Å². The largest absolute Gasteiger partial charge is 0.340 e. The monoisotopic (exact) mass is 397 g/mol. The van der Waals surface area contributed by atoms with Gasteiger partial charge in [-0.05, 0) is 32.6 Å². The fourth-order valence-electron chi connectivity index (χ4n) is 4.41. The van der Waals surface area contributed by atoms with Crippen molar-refractivity contribution in [2.45, 2.75) is 51.6 Å². The summed E-state index contributed by atoms with van der Waals surface area (Å²) in [4.78, 5) is 21.5. The van der Waals surface area contributed by atoms with E-state index in [4.69, 9.17) is 10.3 Å². The van der Waals surface area contributed by atoms with E-state index in [-0.39, 0.29) is 18.0 Å². The molecule has 4 rings (SSSR count). The maximum Gasteiger partial charge on any atom is 0.244 e. The number of carbonyl (C=O) groups excluding carboxylic acids is 1. The molecule has 2 fully saturated rings. The fraction of sp³-hybridized carbons (Fsp3) is 0.591. The first-order valence-corrected chi connectivity index (χ1v) is 10.7. The normalized spacial score (nSPS) is 24.0. The van der Waals surface area contributed by atoms with Crippen molar-refractivity contribution >= 4 is 5.91 Å². The summed E-state index contributed by atoms with van der Waals surface area (Å²) in [6, 6.07) is 8.33. The van der Waals surface area contributed by atoms with E-state index < -0.39 is 0 Å². The van der Waals surface area contributed by atoms with Crippen LogP contribution in [-0.4, -0.2) is 58.1 Å². The van der Waals surface area contributed by atoms with Crippen molar-refractivity contribution in [2.24, 2.45) is 11.7 Å². The smallest absolute Gasteiger partial charge is 0.244 e. The highest BCUT2D eigenvalue weighted by molar-refractivity contribution is 5.76. The lowest BCUT2D eigenvalue weighted by molar-refractivity contribution is -0.134. The molecule has 1 aromatic heterocycles. The fourth-order valence-corrected chi connectivity index (χ4v) is 4.41. The molecule has 156 valence electrons. The van der Waals surface area contributed by atoms with E-state index in [1.165, 1.54) is 5.56 Å². The quantitative estimate of drug-likeness (QED) is 0.835. The van der Waals surface area contributed by atoms with Crippen LogP contribution >= 0.6 is 0 Å². The molecule has 0 bridgehead atoms. The van der Waals surface area contributed by atoms with Crippen molar-refractivity contribution in [2.75, 3.05) is 26.2 Å². The summed E-state index contributed by atoms with van der Waals surface area (Å²) >= 11 is 0. The van der Waals surface area contributed by atoms with Gasteiger partial charge in [-0.1, -0.05) is 41.4 Å². The van der Waals surface area contributed by atoms with Gasteiger partial charge in [0.1, 0.15) is 0 Å². The first kappa shape index (κ1) is 20.0. The number of carbonyl (C=O) groups is 1. The topological polar surface area (TPSA) is 88.5 Å². The van der Waals surface area contributed by atoms with Crippen LogP contribution < -0.4 is 5.73 Å². The van der Waals surface area contributed by atoms with Gasteiger partial charge in [-0.3, -0.25) is 9.69 Å². The molecule has 1 saturated carbocycles. The molecule has 1 aliphatic heterocycles. The second-order valence-corrected chi connectivity index (χ2v) is 8.47. The highest BCUT2D eigenvalue weighted by Gasteiger charge is 2.31. The van der Waals surface area contributed by atoms with E-state index in [2.05, 4.69) is 28.9 Å². The Morgan fingerprint density at radius 2 is 1.93 bits per heavy atom. The van der Waals surface area contributed by atoms with E-state index in [0.717, 1.165) is 51.0 Å². The number of hydrogen-bond donors (Lipinski definition) is 1. The Labute approximate surface area is 172 Å². The lowest BCUT2D eigenvalue weighted by Crippen LogP contribution is -2.49. The second kappa shape index (κ2) is 8.63. The standard InChI is InChI=1S/C22H31N5O2/c1-15-6-8-17(9-7-15)21-24-22(29-25-21)16(2)26-10-12-27(13-11-26)20(28)14-18-4-3-5-19(18)23/h6-9,16,18-19H,3-5,10-14,23H2,1-2H3/t16?,18-,19+/m0/s1. The third-order valence-electron chi connectivity index (χ3n) is 6.48. The zero-order valence-corrected chi connectivity index (χ0v) is 17.4. The van der Waals surface area contributed by atoms with Crippen LogP contribution in [0.15, 0.2) is 28.8 Å². The minimum atomic E-state index is 0.0298. The number of benzene rings is 1. The number of nitrogens with zero attached hydrogens (tertiary/aromatic N) is 4. The van der Waals surface area contributed by atoms with Gasteiger partial charge < -0.3 is 15.2 Å². The molecule has 2 N–H and O–H groups in total. The highest BCUT2D eigenvalue weighted by Crippen LogP contribution is 2.28. The summed E-state index contributed by atoms with van der Waals surface area (Å²) in [7, 11) is 0. The molecule has 1 saturated heterocycles. The van der Waals surface area contributed by atoms with Gasteiger partial charge in [0.2, 0.25) is 17.6 Å². The molecule has 2 aliphatic rings. The summed E-state index contributed by atoms with van der Waals surface area (Å²) in [6.07, 6.45) is 3.89. The average molecular weight is 398 g/mol. The molecule has 1 amide bonds. The van der Waals surface area contributed by atoms with Crippen molar-refractivity contribution in [3.63, 3.8) is 0 Å². The minimum absolute atomic E-state index is 0.0298. The number of hydrogen-bond acceptors (Lipinski definition) is 6. The Morgan fingerprint density at radius 3 is 2.59 bits per heavy atom. The van der Waals surface area contributed by atoms with Gasteiger partial charge in [-0.2, -0.15) is 4.98 Å². The molecule has 2 aromatic rings. The minimum Gasteiger partial charge on any atom is -0.340 e. The van der Waals surface area contributed by atoms with Crippen molar-refractivity contribution < 1.29 is 9.32 Å². The molecular weight excluding hydrogens is 366 g/mol. The van der Waals surface area contributed by atoms with Crippen LogP contribution in [0.25, 0.3) is 11.4 Å². The number of amides is 1. The third kappa shape index (κ3) is 4.51. The molecule has 0 radical (unpaired) electrons. The predicted molar refractivity (Wildman–Crippen MR) is 111 cm³/mol. The SMILES string of the molecule is Cc1ccc(-c2noc(C(C)N3CCN(C(=O)C[C@@H]4CCC[C@H]4N)CC3)n2)cc1. The first-order valence-electron chi connectivity index (χ1n) is 10.7. The van der Waals surface area contributed by atoms with E-state index in [0.29, 0.717) is 24.1 Å². The Morgan fingerprint density at radius 1 is 1.21 bits per heavy atom. The van der Waals surface area contributed by atoms with E-state index in [1.807, 2.05) is 29.2 Å². The Balaban J connectivity index is 1.31. The molecule has 1 unspecified atom stereocenters. The van der Waals surface area contributed by atoms with Crippen molar-refractivity contribution in [3.05, 3.63) is 35.7 Å². The van der Waals surface area contributed by atoms with Gasteiger partial charge in [0.15, 0.2) is 0 Å². The molecule has 7 heteroatoms. The maximum atomic E-state index is 12.6. The molecule has 0 spiro atoms. The van der Waals surface area contributed by atoms with E-state index in [9.17, 15) is 4.79 Å². The van der Waals surface area contributed by atoms with Crippen LogP contribution in [0.3, 0.4) is 0 Å². The number of nitrogens with two attached hydrogens (primary N) is 1. The second-order valence-electron chi connectivity index (χ2n) is 8.47. The number of rotatable bonds is 5. The first-order chi connectivity index (χ1) is 14.0. The van der Waals surface area contributed by atoms with Crippen LogP contribution in [-0.2, 0) is 4.79 Å². The number of aryl methyl sites for hydroxylation is 1. The average Bonchev–Trinajstić information content (AvgIpc) is 3.38. The van der Waals surface area contributed by atoms with E-state index in [1.54, 1.807) is 0 Å². The zero-order valence-electron chi connectivity index (χ0n) is 17.4. The summed E-state index contributed by atoms with van der Waals surface area (Å²) in [6.45, 7) is 7.24. The van der Waals surface area contributed by atoms with Crippen molar-refractivity contribution in [3.8, 4) is 11.4 Å². The van der Waals surface area contributed by atoms with Crippen LogP contribution in [0, 0.1) is 12.8 Å². The molecule has 29 heavy (non-hydrogen) atoms. The van der Waals surface area contributed by atoms with Gasteiger partial charge >= 0.3 is 0 Å². The summed E-state index contributed by atoms with van der Waals surface area (Å²) < 4.78 is 5.54. The van der Waals surface area contributed by atoms with Crippen LogP contribution in [0.4, 0.5) is 0 Å². The van der Waals surface area contributed by atoms with Gasteiger partial charge in [0.25, 0.3) is 0 Å². The zero-order chi connectivity index (χ0) is 20.4. The van der Waals surface area contributed by atoms with E-state index >= 15 is 0 Å². The number of piperazine rings is 1. The Bertz CT molecular complexity index is 826.